The molecule has 0 heterocycles. The maximum Gasteiger partial charge on any atom is 0.224 e. The molecule has 1 N–H and O–H groups in total. The standard InChI is InChI=1S/C13H18FNO3/c1-9(8-17-2)15-13(16)7-10-4-5-12(18-3)11(14)6-10/h4-6,9H,7-8H2,1-3H3,(H,15,16). The zero-order valence-electron chi connectivity index (χ0n) is 10.8. The molecule has 18 heavy (non-hydrogen) atoms. The molecule has 0 saturated heterocycles. The lowest BCUT2D eigenvalue weighted by molar-refractivity contribution is -0.121. The van der Waals surface area contributed by atoms with Crippen LogP contribution in [0.3, 0.4) is 0 Å². The fourth-order valence-electron chi connectivity index (χ4n) is 1.62. The molecular weight excluding hydrogens is 237 g/mol. The molecule has 0 aromatic heterocycles. The van der Waals surface area contributed by atoms with E-state index < -0.39 is 5.82 Å². The maximum absolute atomic E-state index is 13.4. The Labute approximate surface area is 106 Å². The number of amides is 1. The van der Waals surface area contributed by atoms with E-state index in [2.05, 4.69) is 5.32 Å². The van der Waals surface area contributed by atoms with Crippen LogP contribution in [0.1, 0.15) is 12.5 Å². The van der Waals surface area contributed by atoms with Crippen molar-refractivity contribution < 1.29 is 18.7 Å². The lowest BCUT2D eigenvalue weighted by Gasteiger charge is -2.12. The Balaban J connectivity index is 2.57. The van der Waals surface area contributed by atoms with Crippen molar-refractivity contribution in [3.8, 4) is 5.75 Å². The molecule has 1 amide bonds. The number of hydrogen-bond acceptors (Lipinski definition) is 3. The molecule has 0 bridgehead atoms. The summed E-state index contributed by atoms with van der Waals surface area (Å²) in [4.78, 5) is 11.6. The van der Waals surface area contributed by atoms with E-state index in [1.165, 1.54) is 19.2 Å². The lowest BCUT2D eigenvalue weighted by Crippen LogP contribution is -2.36. The topological polar surface area (TPSA) is 47.6 Å². The summed E-state index contributed by atoms with van der Waals surface area (Å²) in [7, 11) is 2.97. The molecule has 1 aromatic rings. The fourth-order valence-corrected chi connectivity index (χ4v) is 1.62. The van der Waals surface area contributed by atoms with E-state index in [1.807, 2.05) is 6.92 Å². The smallest absolute Gasteiger partial charge is 0.224 e. The van der Waals surface area contributed by atoms with E-state index in [-0.39, 0.29) is 24.1 Å². The van der Waals surface area contributed by atoms with Crippen molar-refractivity contribution >= 4 is 5.91 Å². The number of hydrogen-bond donors (Lipinski definition) is 1. The van der Waals surface area contributed by atoms with Gasteiger partial charge in [-0.2, -0.15) is 0 Å². The molecule has 1 rings (SSSR count). The molecular formula is C13H18FNO3. The fraction of sp³-hybridized carbons (Fsp3) is 0.462. The van der Waals surface area contributed by atoms with Crippen LogP contribution in [-0.4, -0.2) is 32.8 Å². The lowest BCUT2D eigenvalue weighted by atomic mass is 10.1. The first-order valence-corrected chi connectivity index (χ1v) is 5.67. The molecule has 0 saturated carbocycles. The Morgan fingerprint density at radius 2 is 2.17 bits per heavy atom. The van der Waals surface area contributed by atoms with E-state index >= 15 is 0 Å². The molecule has 0 radical (unpaired) electrons. The first-order chi connectivity index (χ1) is 8.56. The Hall–Kier alpha value is -1.62. The number of carbonyl (C=O) groups excluding carboxylic acids is 1. The van der Waals surface area contributed by atoms with Crippen molar-refractivity contribution in [1.29, 1.82) is 0 Å². The zero-order valence-corrected chi connectivity index (χ0v) is 10.8. The highest BCUT2D eigenvalue weighted by atomic mass is 19.1. The van der Waals surface area contributed by atoms with E-state index in [9.17, 15) is 9.18 Å². The van der Waals surface area contributed by atoms with Gasteiger partial charge < -0.3 is 14.8 Å². The number of ether oxygens (including phenoxy) is 2. The third kappa shape index (κ3) is 4.33. The van der Waals surface area contributed by atoms with Gasteiger partial charge in [-0.15, -0.1) is 0 Å². The number of methoxy groups -OCH3 is 2. The summed E-state index contributed by atoms with van der Waals surface area (Å²) in [5.41, 5.74) is 0.607. The van der Waals surface area contributed by atoms with Crippen LogP contribution < -0.4 is 10.1 Å². The Morgan fingerprint density at radius 3 is 2.72 bits per heavy atom. The van der Waals surface area contributed by atoms with Crippen molar-refractivity contribution in [3.63, 3.8) is 0 Å². The number of halogens is 1. The quantitative estimate of drug-likeness (QED) is 0.838. The molecule has 1 unspecified atom stereocenters. The van der Waals surface area contributed by atoms with Gasteiger partial charge in [-0.1, -0.05) is 6.07 Å². The second-order valence-corrected chi connectivity index (χ2v) is 4.07. The summed E-state index contributed by atoms with van der Waals surface area (Å²) < 4.78 is 23.1. The van der Waals surface area contributed by atoms with E-state index in [0.717, 1.165) is 0 Å². The van der Waals surface area contributed by atoms with Crippen LogP contribution in [0.15, 0.2) is 18.2 Å². The molecule has 1 atom stereocenters. The number of nitrogens with one attached hydrogen (secondary N) is 1. The highest BCUT2D eigenvalue weighted by molar-refractivity contribution is 5.78. The van der Waals surface area contributed by atoms with Gasteiger partial charge in [0.15, 0.2) is 11.6 Å². The first kappa shape index (κ1) is 14.4. The van der Waals surface area contributed by atoms with Crippen molar-refractivity contribution in [2.75, 3.05) is 20.8 Å². The van der Waals surface area contributed by atoms with Crippen LogP contribution >= 0.6 is 0 Å². The molecule has 0 spiro atoms. The second-order valence-electron chi connectivity index (χ2n) is 4.07. The van der Waals surface area contributed by atoms with Gasteiger partial charge in [0, 0.05) is 13.2 Å². The predicted octanol–water partition coefficient (Wildman–Crippen LogP) is 1.53. The summed E-state index contributed by atoms with van der Waals surface area (Å²) >= 11 is 0. The molecule has 4 nitrogen and oxygen atoms in total. The number of benzene rings is 1. The van der Waals surface area contributed by atoms with Crippen LogP contribution in [-0.2, 0) is 16.0 Å². The minimum Gasteiger partial charge on any atom is -0.494 e. The minimum atomic E-state index is -0.465. The first-order valence-electron chi connectivity index (χ1n) is 5.67. The van der Waals surface area contributed by atoms with Gasteiger partial charge in [-0.05, 0) is 24.6 Å². The zero-order chi connectivity index (χ0) is 13.5. The third-order valence-corrected chi connectivity index (χ3v) is 2.40. The minimum absolute atomic E-state index is 0.0643. The van der Waals surface area contributed by atoms with Crippen LogP contribution in [0.5, 0.6) is 5.75 Å². The molecule has 5 heteroatoms. The molecule has 1 aromatic carbocycles. The molecule has 0 aliphatic carbocycles. The largest absolute Gasteiger partial charge is 0.494 e. The van der Waals surface area contributed by atoms with Gasteiger partial charge >= 0.3 is 0 Å². The highest BCUT2D eigenvalue weighted by Gasteiger charge is 2.10. The third-order valence-electron chi connectivity index (χ3n) is 2.40. The molecule has 0 aliphatic heterocycles. The SMILES string of the molecule is COCC(C)NC(=O)Cc1ccc(OC)c(F)c1. The van der Waals surface area contributed by atoms with Crippen molar-refractivity contribution in [2.24, 2.45) is 0 Å². The van der Waals surface area contributed by atoms with Gasteiger partial charge in [0.1, 0.15) is 0 Å². The summed E-state index contributed by atoms with van der Waals surface area (Å²) in [5, 5.41) is 2.76. The van der Waals surface area contributed by atoms with Crippen LogP contribution in [0.4, 0.5) is 4.39 Å². The van der Waals surface area contributed by atoms with Crippen molar-refractivity contribution in [1.82, 2.24) is 5.32 Å². The molecule has 0 fully saturated rings. The Morgan fingerprint density at radius 1 is 1.44 bits per heavy atom. The van der Waals surface area contributed by atoms with Gasteiger partial charge in [-0.3, -0.25) is 4.79 Å². The predicted molar refractivity (Wildman–Crippen MR) is 66.1 cm³/mol. The van der Waals surface area contributed by atoms with Gasteiger partial charge in [0.2, 0.25) is 5.91 Å². The second kappa shape index (κ2) is 6.96. The Kier molecular flexibility index (Phi) is 5.58. The van der Waals surface area contributed by atoms with Gasteiger partial charge in [-0.25, -0.2) is 4.39 Å². The van der Waals surface area contributed by atoms with E-state index in [4.69, 9.17) is 9.47 Å². The van der Waals surface area contributed by atoms with Crippen LogP contribution in [0, 0.1) is 5.82 Å². The summed E-state index contributed by atoms with van der Waals surface area (Å²) in [5.74, 6) is -0.455. The summed E-state index contributed by atoms with van der Waals surface area (Å²) in [6.07, 6.45) is 0.134. The number of carbonyl (C=O) groups is 1. The van der Waals surface area contributed by atoms with Crippen LogP contribution in [0.25, 0.3) is 0 Å². The monoisotopic (exact) mass is 255 g/mol. The summed E-state index contributed by atoms with van der Waals surface area (Å²) in [6.45, 7) is 2.29. The van der Waals surface area contributed by atoms with Crippen molar-refractivity contribution in [2.45, 2.75) is 19.4 Å². The van der Waals surface area contributed by atoms with E-state index in [0.29, 0.717) is 12.2 Å². The van der Waals surface area contributed by atoms with Gasteiger partial charge in [0.25, 0.3) is 0 Å². The Bertz CT molecular complexity index is 409. The average Bonchev–Trinajstić information content (AvgIpc) is 2.29. The molecule has 0 aliphatic rings. The van der Waals surface area contributed by atoms with Gasteiger partial charge in [0.05, 0.1) is 20.1 Å². The number of rotatable bonds is 6. The maximum atomic E-state index is 13.4. The van der Waals surface area contributed by atoms with E-state index in [1.54, 1.807) is 13.2 Å². The normalized spacial score (nSPS) is 12.0. The summed E-state index contributed by atoms with van der Waals surface area (Å²) in [6, 6.07) is 4.42. The highest BCUT2D eigenvalue weighted by Crippen LogP contribution is 2.17. The molecule has 100 valence electrons. The van der Waals surface area contributed by atoms with Crippen LogP contribution in [0.2, 0.25) is 0 Å². The average molecular weight is 255 g/mol. The van der Waals surface area contributed by atoms with Crippen molar-refractivity contribution in [3.05, 3.63) is 29.6 Å².